The molecule has 2 fully saturated rings. The molecule has 3 atom stereocenters. The van der Waals surface area contributed by atoms with Crippen LogP contribution in [0.1, 0.15) is 49.8 Å². The summed E-state index contributed by atoms with van der Waals surface area (Å²) < 4.78 is 14.8. The van der Waals surface area contributed by atoms with Crippen molar-refractivity contribution in [2.75, 3.05) is 20.8 Å². The number of allylic oxidation sites excluding steroid dienone is 1. The zero-order valence-corrected chi connectivity index (χ0v) is 23.1. The van der Waals surface area contributed by atoms with Gasteiger partial charge in [-0.05, 0) is 73.2 Å². The fourth-order valence-corrected chi connectivity index (χ4v) is 5.91. The molecule has 200 valence electrons. The minimum atomic E-state index is -1.16. The second-order valence-corrected chi connectivity index (χ2v) is 11.7. The molecule has 2 aliphatic carbocycles. The minimum absolute atomic E-state index is 0.0144. The Morgan fingerprint density at radius 2 is 1.66 bits per heavy atom. The average Bonchev–Trinajstić information content (AvgIpc) is 3.25. The van der Waals surface area contributed by atoms with Crippen LogP contribution in [0.5, 0.6) is 11.5 Å². The zero-order valence-electron chi connectivity index (χ0n) is 21.6. The topological polar surface area (TPSA) is 77.4 Å². The second-order valence-electron chi connectivity index (χ2n) is 10.2. The van der Waals surface area contributed by atoms with E-state index in [1.54, 1.807) is 21.1 Å². The number of benzene rings is 2. The van der Waals surface area contributed by atoms with Gasteiger partial charge < -0.3 is 14.2 Å². The van der Waals surface area contributed by atoms with E-state index in [4.69, 9.17) is 42.5 Å². The van der Waals surface area contributed by atoms with Gasteiger partial charge in [-0.2, -0.15) is 5.10 Å². The highest BCUT2D eigenvalue weighted by Crippen LogP contribution is 2.64. The maximum Gasteiger partial charge on any atom is 0.315 e. The maximum absolute atomic E-state index is 13.5. The van der Waals surface area contributed by atoms with E-state index in [2.05, 4.69) is 6.08 Å². The maximum atomic E-state index is 13.5. The van der Waals surface area contributed by atoms with Crippen LogP contribution in [-0.2, 0) is 14.3 Å². The molecule has 1 amide bonds. The molecule has 2 saturated carbocycles. The van der Waals surface area contributed by atoms with E-state index in [-0.39, 0.29) is 18.4 Å². The van der Waals surface area contributed by atoms with Gasteiger partial charge in [-0.15, -0.1) is 23.2 Å². The largest absolute Gasteiger partial charge is 0.497 e. The molecule has 9 heteroatoms. The number of fused-ring (bicyclic) bond motifs is 1. The van der Waals surface area contributed by atoms with Crippen LogP contribution < -0.4 is 9.47 Å². The third-order valence-corrected chi connectivity index (χ3v) is 8.81. The fourth-order valence-electron chi connectivity index (χ4n) is 5.22. The Labute approximate surface area is 232 Å². The van der Waals surface area contributed by atoms with Crippen LogP contribution in [0, 0.1) is 11.3 Å². The zero-order chi connectivity index (χ0) is 27.1. The molecule has 2 aromatic rings. The number of hydrogen-bond acceptors (Lipinski definition) is 6. The molecule has 1 heterocycles. The number of halogens is 2. The Hall–Kier alpha value is -3.03. The number of carbonyl (C=O) groups is 2. The number of esters is 1. The lowest BCUT2D eigenvalue weighted by atomic mass is 9.77. The highest BCUT2D eigenvalue weighted by molar-refractivity contribution is 6.53. The lowest BCUT2D eigenvalue weighted by molar-refractivity contribution is -0.157. The number of alkyl halides is 2. The van der Waals surface area contributed by atoms with Crippen molar-refractivity contribution in [3.63, 3.8) is 0 Å². The molecular weight excluding hydrogens is 527 g/mol. The smallest absolute Gasteiger partial charge is 0.315 e. The van der Waals surface area contributed by atoms with Crippen LogP contribution in [0.4, 0.5) is 0 Å². The van der Waals surface area contributed by atoms with E-state index < -0.39 is 28.2 Å². The van der Waals surface area contributed by atoms with Gasteiger partial charge in [-0.3, -0.25) is 9.59 Å². The van der Waals surface area contributed by atoms with Crippen LogP contribution in [-0.4, -0.2) is 47.8 Å². The van der Waals surface area contributed by atoms with E-state index >= 15 is 0 Å². The first-order valence-electron chi connectivity index (χ1n) is 12.6. The van der Waals surface area contributed by atoms with Crippen molar-refractivity contribution in [1.29, 1.82) is 0 Å². The Morgan fingerprint density at radius 3 is 2.24 bits per heavy atom. The van der Waals surface area contributed by atoms with Gasteiger partial charge in [-0.1, -0.05) is 24.3 Å². The summed E-state index contributed by atoms with van der Waals surface area (Å²) >= 11 is 12.2. The number of hydrazone groups is 1. The molecular formula is C29H30Cl2N2O5. The molecule has 38 heavy (non-hydrogen) atoms. The molecule has 1 aliphatic heterocycles. The summed E-state index contributed by atoms with van der Waals surface area (Å²) in [7, 11) is 3.26. The van der Waals surface area contributed by atoms with Crippen molar-refractivity contribution in [3.8, 4) is 11.5 Å². The Kier molecular flexibility index (Phi) is 7.18. The van der Waals surface area contributed by atoms with Gasteiger partial charge in [0.15, 0.2) is 6.61 Å². The van der Waals surface area contributed by atoms with E-state index in [9.17, 15) is 9.59 Å². The molecule has 0 unspecified atom stereocenters. The van der Waals surface area contributed by atoms with Crippen molar-refractivity contribution in [2.24, 2.45) is 16.4 Å². The van der Waals surface area contributed by atoms with Crippen molar-refractivity contribution < 1.29 is 23.8 Å². The lowest BCUT2D eigenvalue weighted by Gasteiger charge is -2.29. The standard InChI is InChI=1S/C29H30Cl2N2O5/c1-28(17-29(28,30)31)27(35)38-16-24(34)33-26(19-9-13-22(37-3)14-10-19)23-6-4-5-20(25(23)32-33)15-18-7-11-21(36-2)12-8-18/h7-15,23,26H,4-6,16-17H2,1-3H3/b20-15-/t23-,26+,28-/m1/s1. The summed E-state index contributed by atoms with van der Waals surface area (Å²) in [5, 5.41) is 6.32. The number of rotatable bonds is 7. The van der Waals surface area contributed by atoms with Gasteiger partial charge in [0.25, 0.3) is 5.91 Å². The van der Waals surface area contributed by atoms with Crippen molar-refractivity contribution in [2.45, 2.75) is 43.0 Å². The first-order valence-corrected chi connectivity index (χ1v) is 13.4. The van der Waals surface area contributed by atoms with Gasteiger partial charge in [-0.25, -0.2) is 5.01 Å². The number of methoxy groups -OCH3 is 2. The summed E-state index contributed by atoms with van der Waals surface area (Å²) in [6.45, 7) is 1.20. The number of hydrogen-bond donors (Lipinski definition) is 0. The monoisotopic (exact) mass is 556 g/mol. The minimum Gasteiger partial charge on any atom is -0.497 e. The molecule has 0 saturated heterocycles. The van der Waals surface area contributed by atoms with Crippen LogP contribution in [0.3, 0.4) is 0 Å². The molecule has 0 N–H and O–H groups in total. The van der Waals surface area contributed by atoms with Crippen LogP contribution >= 0.6 is 23.2 Å². The number of ether oxygens (including phenoxy) is 3. The quantitative estimate of drug-likeness (QED) is 0.311. The Bertz CT molecular complexity index is 1290. The van der Waals surface area contributed by atoms with Crippen molar-refractivity contribution in [3.05, 3.63) is 65.2 Å². The van der Waals surface area contributed by atoms with Gasteiger partial charge in [0.05, 0.1) is 26.0 Å². The van der Waals surface area contributed by atoms with Crippen LogP contribution in [0.15, 0.2) is 59.2 Å². The van der Waals surface area contributed by atoms with E-state index in [1.807, 2.05) is 48.5 Å². The van der Waals surface area contributed by atoms with Gasteiger partial charge in [0, 0.05) is 12.3 Å². The first-order chi connectivity index (χ1) is 18.2. The fraction of sp³-hybridized carbons (Fsp3) is 0.414. The third kappa shape index (κ3) is 4.90. The Morgan fingerprint density at radius 1 is 1.05 bits per heavy atom. The Balaban J connectivity index is 1.43. The molecule has 0 bridgehead atoms. The average molecular weight is 557 g/mol. The summed E-state index contributed by atoms with van der Waals surface area (Å²) in [6, 6.07) is 15.2. The molecule has 2 aromatic carbocycles. The second kappa shape index (κ2) is 10.3. The molecule has 5 rings (SSSR count). The van der Waals surface area contributed by atoms with Crippen LogP contribution in [0.2, 0.25) is 0 Å². The molecule has 0 aromatic heterocycles. The van der Waals surface area contributed by atoms with Crippen molar-refractivity contribution in [1.82, 2.24) is 5.01 Å². The summed E-state index contributed by atoms with van der Waals surface area (Å²) in [5.41, 5.74) is 2.95. The van der Waals surface area contributed by atoms with Crippen molar-refractivity contribution >= 4 is 46.9 Å². The van der Waals surface area contributed by atoms with Gasteiger partial charge >= 0.3 is 5.97 Å². The molecule has 0 radical (unpaired) electrons. The highest BCUT2D eigenvalue weighted by Gasteiger charge is 2.69. The summed E-state index contributed by atoms with van der Waals surface area (Å²) in [4.78, 5) is 26.1. The lowest BCUT2D eigenvalue weighted by Crippen LogP contribution is -2.35. The van der Waals surface area contributed by atoms with E-state index in [0.717, 1.165) is 53.2 Å². The molecule has 0 spiro atoms. The van der Waals surface area contributed by atoms with E-state index in [1.165, 1.54) is 5.01 Å². The normalized spacial score (nSPS) is 26.4. The number of nitrogens with zero attached hydrogens (tertiary/aromatic N) is 2. The number of amides is 1. The predicted molar refractivity (Wildman–Crippen MR) is 146 cm³/mol. The SMILES string of the molecule is COc1ccc(/C=C2/CCC[C@@H]3C2=NN(C(=O)COC(=O)[C@@]2(C)CC2(Cl)Cl)[C@H]3c2ccc(OC)cc2)cc1. The van der Waals surface area contributed by atoms with Gasteiger partial charge in [0.1, 0.15) is 21.2 Å². The van der Waals surface area contributed by atoms with Gasteiger partial charge in [0.2, 0.25) is 0 Å². The molecule has 3 aliphatic rings. The van der Waals surface area contributed by atoms with E-state index in [0.29, 0.717) is 0 Å². The van der Waals surface area contributed by atoms with Crippen LogP contribution in [0.25, 0.3) is 6.08 Å². The molecule has 7 nitrogen and oxygen atoms in total. The summed E-state index contributed by atoms with van der Waals surface area (Å²) in [5.74, 6) is 0.552. The predicted octanol–water partition coefficient (Wildman–Crippen LogP) is 5.95. The highest BCUT2D eigenvalue weighted by atomic mass is 35.5. The summed E-state index contributed by atoms with van der Waals surface area (Å²) in [6.07, 6.45) is 5.13. The third-order valence-electron chi connectivity index (χ3n) is 7.71. The first kappa shape index (κ1) is 26.6. The number of carbonyl (C=O) groups excluding carboxylic acids is 2.